The molecule has 0 radical (unpaired) electrons. The number of pyridine rings is 1. The molecule has 0 unspecified atom stereocenters. The van der Waals surface area contributed by atoms with Crippen molar-refractivity contribution < 1.29 is 4.79 Å². The molecule has 1 aromatic heterocycles. The molecule has 5 heteroatoms. The zero-order chi connectivity index (χ0) is 14.4. The number of anilines is 1. The van der Waals surface area contributed by atoms with Crippen molar-refractivity contribution in [1.82, 2.24) is 4.98 Å². The molecule has 0 aliphatic carbocycles. The first-order chi connectivity index (χ1) is 9.65. The number of amides is 1. The molecule has 0 aliphatic heterocycles. The Labute approximate surface area is 122 Å². The van der Waals surface area contributed by atoms with Gasteiger partial charge in [0.15, 0.2) is 0 Å². The highest BCUT2D eigenvalue weighted by Gasteiger charge is 2.04. The zero-order valence-corrected chi connectivity index (χ0v) is 12.1. The Balaban J connectivity index is 2.01. The van der Waals surface area contributed by atoms with E-state index in [4.69, 9.17) is 5.73 Å². The Morgan fingerprint density at radius 1 is 1.30 bits per heavy atom. The van der Waals surface area contributed by atoms with Gasteiger partial charge in [-0.05, 0) is 30.7 Å². The second kappa shape index (κ2) is 6.96. The summed E-state index contributed by atoms with van der Waals surface area (Å²) in [4.78, 5) is 16.2. The van der Waals surface area contributed by atoms with Gasteiger partial charge in [0, 0.05) is 16.8 Å². The first-order valence-corrected chi connectivity index (χ1v) is 7.29. The molecule has 0 atom stereocenters. The van der Waals surface area contributed by atoms with Crippen LogP contribution in [0.25, 0.3) is 0 Å². The first-order valence-electron chi connectivity index (χ1n) is 6.30. The molecular weight excluding hydrogens is 270 g/mol. The molecule has 0 bridgehead atoms. The van der Waals surface area contributed by atoms with E-state index in [0.717, 1.165) is 21.8 Å². The number of hydrogen-bond donors (Lipinski definition) is 2. The van der Waals surface area contributed by atoms with Crippen LogP contribution in [0.5, 0.6) is 0 Å². The number of benzene rings is 1. The summed E-state index contributed by atoms with van der Waals surface area (Å²) >= 11 is 1.44. The third kappa shape index (κ3) is 4.28. The molecule has 0 aliphatic rings. The van der Waals surface area contributed by atoms with E-state index in [9.17, 15) is 4.79 Å². The minimum absolute atomic E-state index is 0.279. The molecule has 2 aromatic rings. The summed E-state index contributed by atoms with van der Waals surface area (Å²) in [7, 11) is 0. The number of nitrogens with zero attached hydrogens (tertiary/aromatic N) is 1. The maximum Gasteiger partial charge on any atom is 0.227 e. The number of carbonyl (C=O) groups excluding carboxylic acids is 1. The molecule has 0 fully saturated rings. The summed E-state index contributed by atoms with van der Waals surface area (Å²) in [6.07, 6.45) is 1.85. The number of aromatic nitrogens is 1. The van der Waals surface area contributed by atoms with E-state index in [1.165, 1.54) is 11.8 Å². The van der Waals surface area contributed by atoms with Crippen LogP contribution in [0.15, 0.2) is 47.5 Å². The number of rotatable bonds is 6. The average molecular weight is 287 g/mol. The highest BCUT2D eigenvalue weighted by atomic mass is 32.2. The van der Waals surface area contributed by atoms with Crippen molar-refractivity contribution in [3.05, 3.63) is 53.9 Å². The Bertz CT molecular complexity index is 584. The fourth-order valence-corrected chi connectivity index (χ4v) is 2.44. The molecular formula is C15H17N3OS. The van der Waals surface area contributed by atoms with Crippen molar-refractivity contribution in [2.24, 2.45) is 5.73 Å². The lowest BCUT2D eigenvalue weighted by Crippen LogP contribution is -2.13. The Kier molecular flexibility index (Phi) is 5.01. The Morgan fingerprint density at radius 3 is 2.80 bits per heavy atom. The van der Waals surface area contributed by atoms with E-state index in [1.54, 1.807) is 0 Å². The van der Waals surface area contributed by atoms with Gasteiger partial charge in [-0.3, -0.25) is 9.78 Å². The van der Waals surface area contributed by atoms with E-state index >= 15 is 0 Å². The van der Waals surface area contributed by atoms with Crippen molar-refractivity contribution >= 4 is 23.4 Å². The molecule has 1 aromatic carbocycles. The van der Waals surface area contributed by atoms with Crippen LogP contribution in [0.3, 0.4) is 0 Å². The highest BCUT2D eigenvalue weighted by molar-refractivity contribution is 8.00. The molecule has 104 valence electrons. The normalized spacial score (nSPS) is 10.2. The van der Waals surface area contributed by atoms with E-state index < -0.39 is 0 Å². The van der Waals surface area contributed by atoms with Gasteiger partial charge in [0.05, 0.1) is 18.0 Å². The Hall–Kier alpha value is -2.01. The third-order valence-corrected chi connectivity index (χ3v) is 3.79. The highest BCUT2D eigenvalue weighted by Crippen LogP contribution is 2.26. The zero-order valence-electron chi connectivity index (χ0n) is 11.3. The van der Waals surface area contributed by atoms with Crippen LogP contribution in [0.1, 0.15) is 11.3 Å². The van der Waals surface area contributed by atoms with Crippen molar-refractivity contribution in [2.75, 3.05) is 11.1 Å². The lowest BCUT2D eigenvalue weighted by Gasteiger charge is -2.11. The molecule has 0 saturated heterocycles. The number of para-hydroxylation sites is 1. The van der Waals surface area contributed by atoms with Crippen LogP contribution >= 0.6 is 11.8 Å². The van der Waals surface area contributed by atoms with E-state index in [2.05, 4.69) is 10.3 Å². The molecule has 4 nitrogen and oxygen atoms in total. The largest absolute Gasteiger partial charge is 0.378 e. The molecule has 0 spiro atoms. The predicted molar refractivity (Wildman–Crippen MR) is 82.7 cm³/mol. The summed E-state index contributed by atoms with van der Waals surface area (Å²) in [5.41, 5.74) is 8.29. The fourth-order valence-electron chi connectivity index (χ4n) is 1.68. The molecule has 3 N–H and O–H groups in total. The second-order valence-electron chi connectivity index (χ2n) is 4.43. The summed E-state index contributed by atoms with van der Waals surface area (Å²) in [6.45, 7) is 2.66. The van der Waals surface area contributed by atoms with Gasteiger partial charge in [-0.25, -0.2) is 0 Å². The number of nitrogens with two attached hydrogens (primary N) is 1. The van der Waals surface area contributed by atoms with Crippen LogP contribution in [-0.4, -0.2) is 16.6 Å². The van der Waals surface area contributed by atoms with Crippen molar-refractivity contribution in [3.63, 3.8) is 0 Å². The summed E-state index contributed by atoms with van der Waals surface area (Å²) in [6, 6.07) is 11.9. The third-order valence-electron chi connectivity index (χ3n) is 2.69. The summed E-state index contributed by atoms with van der Waals surface area (Å²) in [5, 5.41) is 3.34. The Morgan fingerprint density at radius 2 is 2.10 bits per heavy atom. The molecule has 1 amide bonds. The average Bonchev–Trinajstić information content (AvgIpc) is 2.45. The van der Waals surface area contributed by atoms with Crippen molar-refractivity contribution in [3.8, 4) is 0 Å². The SMILES string of the molecule is Cc1ccc(CNc2ccccc2SCC(N)=O)nc1. The van der Waals surface area contributed by atoms with Gasteiger partial charge < -0.3 is 11.1 Å². The number of aryl methyl sites for hydroxylation is 1. The van der Waals surface area contributed by atoms with Crippen LogP contribution in [0.2, 0.25) is 0 Å². The molecule has 0 saturated carbocycles. The van der Waals surface area contributed by atoms with E-state index in [1.807, 2.05) is 49.5 Å². The van der Waals surface area contributed by atoms with Crippen molar-refractivity contribution in [1.29, 1.82) is 0 Å². The summed E-state index contributed by atoms with van der Waals surface area (Å²) in [5.74, 6) is -0.0356. The van der Waals surface area contributed by atoms with Gasteiger partial charge in [0.1, 0.15) is 0 Å². The second-order valence-corrected chi connectivity index (χ2v) is 5.45. The van der Waals surface area contributed by atoms with E-state index in [-0.39, 0.29) is 11.7 Å². The smallest absolute Gasteiger partial charge is 0.227 e. The lowest BCUT2D eigenvalue weighted by molar-refractivity contribution is -0.115. The molecule has 1 heterocycles. The van der Waals surface area contributed by atoms with Gasteiger partial charge in [0.2, 0.25) is 5.91 Å². The fraction of sp³-hybridized carbons (Fsp3) is 0.200. The minimum Gasteiger partial charge on any atom is -0.378 e. The van der Waals surface area contributed by atoms with Gasteiger partial charge in [-0.2, -0.15) is 0 Å². The first kappa shape index (κ1) is 14.4. The van der Waals surface area contributed by atoms with Crippen molar-refractivity contribution in [2.45, 2.75) is 18.4 Å². The van der Waals surface area contributed by atoms with Gasteiger partial charge in [0.25, 0.3) is 0 Å². The standard InChI is InChI=1S/C15H17N3OS/c1-11-6-7-12(17-8-11)9-18-13-4-2-3-5-14(13)20-10-15(16)19/h2-8,18H,9-10H2,1H3,(H2,16,19). The van der Waals surface area contributed by atoms with Gasteiger partial charge >= 0.3 is 0 Å². The molecule has 20 heavy (non-hydrogen) atoms. The van der Waals surface area contributed by atoms with Gasteiger partial charge in [-0.1, -0.05) is 18.2 Å². The number of carbonyl (C=O) groups is 1. The van der Waals surface area contributed by atoms with Crippen LogP contribution in [0.4, 0.5) is 5.69 Å². The number of hydrogen-bond acceptors (Lipinski definition) is 4. The van der Waals surface area contributed by atoms with Crippen LogP contribution in [-0.2, 0) is 11.3 Å². The number of primary amides is 1. The lowest BCUT2D eigenvalue weighted by atomic mass is 10.2. The monoisotopic (exact) mass is 287 g/mol. The van der Waals surface area contributed by atoms with Gasteiger partial charge in [-0.15, -0.1) is 11.8 Å². The molecule has 2 rings (SSSR count). The van der Waals surface area contributed by atoms with Crippen LogP contribution in [0, 0.1) is 6.92 Å². The number of nitrogens with one attached hydrogen (secondary N) is 1. The quantitative estimate of drug-likeness (QED) is 0.801. The van der Waals surface area contributed by atoms with Crippen LogP contribution < -0.4 is 11.1 Å². The predicted octanol–water partition coefficient (Wildman–Crippen LogP) is 2.58. The minimum atomic E-state index is -0.315. The maximum atomic E-state index is 10.9. The summed E-state index contributed by atoms with van der Waals surface area (Å²) < 4.78 is 0. The number of thioether (sulfide) groups is 1. The maximum absolute atomic E-state index is 10.9. The van der Waals surface area contributed by atoms with E-state index in [0.29, 0.717) is 6.54 Å². The topological polar surface area (TPSA) is 68.0 Å².